The van der Waals surface area contributed by atoms with Crippen LogP contribution < -0.4 is 10.2 Å². The zero-order valence-electron chi connectivity index (χ0n) is 19.6. The van der Waals surface area contributed by atoms with Gasteiger partial charge in [-0.05, 0) is 37.5 Å². The first kappa shape index (κ1) is 26.7. The molecule has 0 radical (unpaired) electrons. The molecule has 0 bridgehead atoms. The van der Waals surface area contributed by atoms with Crippen molar-refractivity contribution in [3.8, 4) is 0 Å². The van der Waals surface area contributed by atoms with Crippen molar-refractivity contribution in [2.24, 2.45) is 0 Å². The number of nitrogens with one attached hydrogen (secondary N) is 1. The molecule has 9 heteroatoms. The number of sulfonamides is 1. The van der Waals surface area contributed by atoms with E-state index in [-0.39, 0.29) is 29.0 Å². The lowest BCUT2D eigenvalue weighted by Gasteiger charge is -2.29. The van der Waals surface area contributed by atoms with E-state index in [0.717, 1.165) is 37.0 Å². The minimum absolute atomic E-state index is 0.0987. The summed E-state index contributed by atoms with van der Waals surface area (Å²) in [6.07, 6.45) is 6.97. The summed E-state index contributed by atoms with van der Waals surface area (Å²) in [7, 11) is -3.67. The van der Waals surface area contributed by atoms with Gasteiger partial charge in [0.25, 0.3) is 0 Å². The fourth-order valence-corrected chi connectivity index (χ4v) is 6.23. The van der Waals surface area contributed by atoms with Gasteiger partial charge in [0.05, 0.1) is 16.3 Å². The molecular weight excluding hydrogens is 446 g/mol. The lowest BCUT2D eigenvalue weighted by molar-refractivity contribution is -0.123. The van der Waals surface area contributed by atoms with Gasteiger partial charge in [-0.15, -0.1) is 11.8 Å². The molecule has 1 aromatic rings. The second-order valence-corrected chi connectivity index (χ2v) is 11.0. The summed E-state index contributed by atoms with van der Waals surface area (Å²) >= 11 is 1.37. The maximum atomic E-state index is 13.2. The molecule has 1 aliphatic rings. The number of carbonyl (C=O) groups is 2. The van der Waals surface area contributed by atoms with Gasteiger partial charge in [0.1, 0.15) is 6.54 Å². The number of hydrogen-bond acceptors (Lipinski definition) is 5. The Balaban J connectivity index is 2.15. The predicted molar refractivity (Wildman–Crippen MR) is 131 cm³/mol. The smallest absolute Gasteiger partial charge is 0.243 e. The van der Waals surface area contributed by atoms with Crippen molar-refractivity contribution in [2.75, 3.05) is 36.8 Å². The Bertz CT molecular complexity index is 868. The Kier molecular flexibility index (Phi) is 11.0. The lowest BCUT2D eigenvalue weighted by Crippen LogP contribution is -2.43. The largest absolute Gasteiger partial charge is 0.355 e. The second kappa shape index (κ2) is 13.2. The van der Waals surface area contributed by atoms with Gasteiger partial charge in [0, 0.05) is 24.5 Å². The minimum Gasteiger partial charge on any atom is -0.355 e. The van der Waals surface area contributed by atoms with Crippen molar-refractivity contribution < 1.29 is 18.0 Å². The molecule has 180 valence electrons. The van der Waals surface area contributed by atoms with E-state index in [1.54, 1.807) is 18.2 Å². The van der Waals surface area contributed by atoms with Gasteiger partial charge in [-0.3, -0.25) is 9.59 Å². The highest BCUT2D eigenvalue weighted by Gasteiger charge is 2.30. The van der Waals surface area contributed by atoms with E-state index < -0.39 is 10.0 Å². The summed E-state index contributed by atoms with van der Waals surface area (Å²) in [4.78, 5) is 27.5. The third-order valence-electron chi connectivity index (χ3n) is 5.36. The summed E-state index contributed by atoms with van der Waals surface area (Å²) < 4.78 is 27.9. The van der Waals surface area contributed by atoms with Gasteiger partial charge in [-0.25, -0.2) is 8.42 Å². The van der Waals surface area contributed by atoms with Gasteiger partial charge in [0.2, 0.25) is 21.8 Å². The molecule has 1 heterocycles. The Morgan fingerprint density at radius 2 is 1.75 bits per heavy atom. The van der Waals surface area contributed by atoms with E-state index in [1.807, 2.05) is 13.8 Å². The number of thioether (sulfide) groups is 1. The van der Waals surface area contributed by atoms with Crippen LogP contribution in [0.25, 0.3) is 0 Å². The van der Waals surface area contributed by atoms with Gasteiger partial charge in [0.15, 0.2) is 0 Å². The Labute approximate surface area is 197 Å². The van der Waals surface area contributed by atoms with Crippen LogP contribution in [0.4, 0.5) is 5.69 Å². The van der Waals surface area contributed by atoms with E-state index in [1.165, 1.54) is 33.8 Å². The standard InChI is InChI=1S/C23H37N3O4S2/c1-4-7-8-9-10-13-24-22(27)17-26-20-16-19(11-12-21(20)31-18-23(26)28)32(29,30)25(14-5-2)15-6-3/h11-12,16H,4-10,13-15,17-18H2,1-3H3,(H,24,27). The van der Waals surface area contributed by atoms with Crippen LogP contribution >= 0.6 is 11.8 Å². The van der Waals surface area contributed by atoms with Crippen LogP contribution in [0, 0.1) is 0 Å². The number of fused-ring (bicyclic) bond motifs is 1. The molecule has 1 aromatic carbocycles. The molecule has 0 saturated heterocycles. The minimum atomic E-state index is -3.67. The van der Waals surface area contributed by atoms with E-state index in [0.29, 0.717) is 25.3 Å². The summed E-state index contributed by atoms with van der Waals surface area (Å²) in [5.41, 5.74) is 0.498. The van der Waals surface area contributed by atoms with Crippen LogP contribution in [0.5, 0.6) is 0 Å². The molecule has 0 unspecified atom stereocenters. The fraction of sp³-hybridized carbons (Fsp3) is 0.652. The number of benzene rings is 1. The molecule has 2 amide bonds. The van der Waals surface area contributed by atoms with Gasteiger partial charge >= 0.3 is 0 Å². The van der Waals surface area contributed by atoms with Crippen molar-refractivity contribution in [3.63, 3.8) is 0 Å². The number of unbranched alkanes of at least 4 members (excludes halogenated alkanes) is 4. The first-order valence-electron chi connectivity index (χ1n) is 11.7. The van der Waals surface area contributed by atoms with Crippen LogP contribution in [-0.4, -0.2) is 56.5 Å². The molecule has 2 rings (SSSR count). The molecule has 0 aliphatic carbocycles. The highest BCUT2D eigenvalue weighted by Crippen LogP contribution is 2.37. The van der Waals surface area contributed by atoms with Crippen LogP contribution in [0.3, 0.4) is 0 Å². The first-order chi connectivity index (χ1) is 15.3. The Hall–Kier alpha value is -1.58. The van der Waals surface area contributed by atoms with Crippen LogP contribution in [0.1, 0.15) is 65.7 Å². The average molecular weight is 484 g/mol. The number of rotatable bonds is 14. The number of hydrogen-bond donors (Lipinski definition) is 1. The van der Waals surface area contributed by atoms with Crippen molar-refractivity contribution in [1.82, 2.24) is 9.62 Å². The SMILES string of the molecule is CCCCCCCNC(=O)CN1C(=O)CSc2ccc(S(=O)(=O)N(CCC)CCC)cc21. The van der Waals surface area contributed by atoms with Crippen molar-refractivity contribution >= 4 is 39.3 Å². The highest BCUT2D eigenvalue weighted by molar-refractivity contribution is 8.00. The maximum Gasteiger partial charge on any atom is 0.243 e. The third-order valence-corrected chi connectivity index (χ3v) is 8.30. The molecule has 1 aliphatic heterocycles. The predicted octanol–water partition coefficient (Wildman–Crippen LogP) is 4.02. The average Bonchev–Trinajstić information content (AvgIpc) is 2.77. The van der Waals surface area contributed by atoms with Gasteiger partial charge in [-0.2, -0.15) is 4.31 Å². The number of anilines is 1. The van der Waals surface area contributed by atoms with Crippen LogP contribution in [-0.2, 0) is 19.6 Å². The molecule has 0 atom stereocenters. The third kappa shape index (κ3) is 7.22. The first-order valence-corrected chi connectivity index (χ1v) is 14.1. The number of carbonyl (C=O) groups excluding carboxylic acids is 2. The fourth-order valence-electron chi connectivity index (χ4n) is 3.67. The molecule has 0 aromatic heterocycles. The quantitative estimate of drug-likeness (QED) is 0.404. The molecule has 32 heavy (non-hydrogen) atoms. The highest BCUT2D eigenvalue weighted by atomic mass is 32.2. The second-order valence-electron chi connectivity index (χ2n) is 8.07. The summed E-state index contributed by atoms with van der Waals surface area (Å²) in [5.74, 6) is -0.172. The normalized spacial score (nSPS) is 14.0. The Morgan fingerprint density at radius 3 is 2.41 bits per heavy atom. The molecule has 0 fully saturated rings. The molecular formula is C23H37N3O4S2. The molecule has 0 spiro atoms. The maximum absolute atomic E-state index is 13.2. The zero-order chi connectivity index (χ0) is 23.6. The van der Waals surface area contributed by atoms with E-state index in [4.69, 9.17) is 0 Å². The summed E-state index contributed by atoms with van der Waals surface area (Å²) in [6.45, 7) is 7.45. The zero-order valence-corrected chi connectivity index (χ0v) is 21.2. The topological polar surface area (TPSA) is 86.8 Å². The molecule has 0 saturated carbocycles. The van der Waals surface area contributed by atoms with Crippen molar-refractivity contribution in [2.45, 2.75) is 75.5 Å². The molecule has 7 nitrogen and oxygen atoms in total. The summed E-state index contributed by atoms with van der Waals surface area (Å²) in [6, 6.07) is 4.89. The van der Waals surface area contributed by atoms with E-state index in [2.05, 4.69) is 12.2 Å². The van der Waals surface area contributed by atoms with Gasteiger partial charge in [-0.1, -0.05) is 46.5 Å². The van der Waals surface area contributed by atoms with Crippen molar-refractivity contribution in [1.29, 1.82) is 0 Å². The number of nitrogens with zero attached hydrogens (tertiary/aromatic N) is 2. The Morgan fingerprint density at radius 1 is 1.06 bits per heavy atom. The van der Waals surface area contributed by atoms with Gasteiger partial charge < -0.3 is 10.2 Å². The van der Waals surface area contributed by atoms with E-state index >= 15 is 0 Å². The van der Waals surface area contributed by atoms with Crippen molar-refractivity contribution in [3.05, 3.63) is 18.2 Å². The van der Waals surface area contributed by atoms with E-state index in [9.17, 15) is 18.0 Å². The monoisotopic (exact) mass is 483 g/mol. The number of amides is 2. The lowest BCUT2D eigenvalue weighted by atomic mass is 10.1. The van der Waals surface area contributed by atoms with Crippen LogP contribution in [0.15, 0.2) is 28.0 Å². The molecule has 1 N–H and O–H groups in total. The van der Waals surface area contributed by atoms with Crippen LogP contribution in [0.2, 0.25) is 0 Å². The summed E-state index contributed by atoms with van der Waals surface area (Å²) in [5, 5.41) is 2.89.